The van der Waals surface area contributed by atoms with Gasteiger partial charge in [-0.1, -0.05) is 0 Å². The van der Waals surface area contributed by atoms with Crippen molar-refractivity contribution >= 4 is 24.2 Å². The molecule has 2 fully saturated rings. The van der Waals surface area contributed by atoms with Gasteiger partial charge in [-0.05, 0) is 18.9 Å². The molecule has 3 rings (SSSR count). The average molecular weight is 424 g/mol. The minimum Gasteiger partial charge on any atom is -0.356 e. The highest BCUT2D eigenvalue weighted by atomic mass is 35.5. The summed E-state index contributed by atoms with van der Waals surface area (Å²) in [6.45, 7) is 2.36. The lowest BCUT2D eigenvalue weighted by molar-refractivity contribution is -0.183. The molecule has 2 amide bonds. The van der Waals surface area contributed by atoms with Gasteiger partial charge in [0.1, 0.15) is 11.7 Å². The molecule has 0 spiro atoms. The third-order valence-corrected chi connectivity index (χ3v) is 5.00. The van der Waals surface area contributed by atoms with E-state index in [1.165, 1.54) is 17.2 Å². The van der Waals surface area contributed by atoms with Crippen LogP contribution in [-0.4, -0.2) is 84.6 Å². The zero-order valence-electron chi connectivity index (χ0n) is 15.3. The molecule has 0 aliphatic carbocycles. The van der Waals surface area contributed by atoms with Crippen LogP contribution in [0.1, 0.15) is 33.7 Å². The van der Waals surface area contributed by atoms with E-state index in [9.17, 15) is 22.8 Å². The van der Waals surface area contributed by atoms with E-state index in [2.05, 4.69) is 15.6 Å². The Morgan fingerprint density at radius 1 is 1.14 bits per heavy atom. The molecule has 28 heavy (non-hydrogen) atoms. The predicted molar refractivity (Wildman–Crippen MR) is 99.8 cm³/mol. The van der Waals surface area contributed by atoms with Crippen LogP contribution in [0.25, 0.3) is 0 Å². The molecule has 0 bridgehead atoms. The summed E-state index contributed by atoms with van der Waals surface area (Å²) in [5, 5.41) is 5.37. The first-order valence-corrected chi connectivity index (χ1v) is 9.13. The van der Waals surface area contributed by atoms with Crippen LogP contribution in [-0.2, 0) is 0 Å². The lowest BCUT2D eigenvalue weighted by Crippen LogP contribution is -2.57. The number of likely N-dealkylation sites (tertiary alicyclic amines) is 1. The molecule has 1 unspecified atom stereocenters. The van der Waals surface area contributed by atoms with Crippen molar-refractivity contribution < 1.29 is 22.8 Å². The number of nitrogens with one attached hydrogen (secondary N) is 3. The molecule has 1 aromatic heterocycles. The Hall–Kier alpha value is -1.78. The molecule has 11 heteroatoms. The van der Waals surface area contributed by atoms with Gasteiger partial charge in [0.25, 0.3) is 11.8 Å². The number of carbonyl (C=O) groups is 2. The number of hydrogen-bond acceptors (Lipinski definition) is 4. The largest absolute Gasteiger partial charge is 0.405 e. The second-order valence-corrected chi connectivity index (χ2v) is 6.85. The third-order valence-electron chi connectivity index (χ3n) is 5.00. The van der Waals surface area contributed by atoms with Gasteiger partial charge in [0.2, 0.25) is 0 Å². The fraction of sp³-hybridized carbons (Fsp3) is 0.647. The van der Waals surface area contributed by atoms with Crippen LogP contribution in [0.3, 0.4) is 0 Å². The number of amides is 2. The summed E-state index contributed by atoms with van der Waals surface area (Å²) in [5.41, 5.74) is 0.426. The van der Waals surface area contributed by atoms with Gasteiger partial charge in [-0.2, -0.15) is 13.2 Å². The van der Waals surface area contributed by atoms with Crippen LogP contribution < -0.4 is 10.6 Å². The maximum atomic E-state index is 13.4. The van der Waals surface area contributed by atoms with Crippen LogP contribution in [0, 0.1) is 0 Å². The first kappa shape index (κ1) is 22.5. The number of alkyl halides is 3. The van der Waals surface area contributed by atoms with E-state index < -0.39 is 24.7 Å². The number of aromatic amines is 1. The normalized spacial score (nSPS) is 19.2. The van der Waals surface area contributed by atoms with Crippen LogP contribution in [0.5, 0.6) is 0 Å². The fourth-order valence-corrected chi connectivity index (χ4v) is 3.48. The predicted octanol–water partition coefficient (Wildman–Crippen LogP) is 1.24. The highest BCUT2D eigenvalue weighted by Gasteiger charge is 2.43. The summed E-state index contributed by atoms with van der Waals surface area (Å²) < 4.78 is 40.1. The smallest absolute Gasteiger partial charge is 0.356 e. The highest BCUT2D eigenvalue weighted by Crippen LogP contribution is 2.25. The van der Waals surface area contributed by atoms with Crippen molar-refractivity contribution in [3.8, 4) is 0 Å². The molecule has 158 valence electrons. The monoisotopic (exact) mass is 423 g/mol. The second-order valence-electron chi connectivity index (χ2n) is 6.85. The second kappa shape index (κ2) is 9.62. The van der Waals surface area contributed by atoms with Gasteiger partial charge < -0.3 is 20.5 Å². The maximum Gasteiger partial charge on any atom is 0.405 e. The van der Waals surface area contributed by atoms with Crippen LogP contribution in [0.15, 0.2) is 12.3 Å². The van der Waals surface area contributed by atoms with Gasteiger partial charge >= 0.3 is 6.18 Å². The Bertz CT molecular complexity index is 670. The standard InChI is InChI=1S/C17H24F3N5O2.ClH/c18-17(19,20)14(24-7-3-21-4-8-24)11-23-15(26)12-9-13(22-10-12)16(27)25-5-1-2-6-25;/h9-10,14,21-22H,1-8,11H2,(H,23,26);1H. The Morgan fingerprint density at radius 2 is 1.79 bits per heavy atom. The van der Waals surface area contributed by atoms with Crippen molar-refractivity contribution in [2.45, 2.75) is 25.1 Å². The summed E-state index contributed by atoms with van der Waals surface area (Å²) in [6.07, 6.45) is -1.18. The zero-order valence-corrected chi connectivity index (χ0v) is 16.2. The molecule has 0 saturated carbocycles. The van der Waals surface area contributed by atoms with E-state index in [0.717, 1.165) is 12.8 Å². The molecular formula is C17H25ClF3N5O2. The Labute approximate surface area is 167 Å². The minimum atomic E-state index is -4.43. The summed E-state index contributed by atoms with van der Waals surface area (Å²) in [4.78, 5) is 30.3. The summed E-state index contributed by atoms with van der Waals surface area (Å²) in [5.74, 6) is -0.823. The van der Waals surface area contributed by atoms with Crippen LogP contribution in [0.2, 0.25) is 0 Å². The molecule has 2 aliphatic rings. The van der Waals surface area contributed by atoms with Gasteiger partial charge in [-0.15, -0.1) is 12.4 Å². The first-order chi connectivity index (χ1) is 12.9. The van der Waals surface area contributed by atoms with E-state index in [4.69, 9.17) is 0 Å². The number of hydrogen-bond donors (Lipinski definition) is 3. The number of piperazine rings is 1. The van der Waals surface area contributed by atoms with Gasteiger partial charge in [-0.25, -0.2) is 0 Å². The number of nitrogens with zero attached hydrogens (tertiary/aromatic N) is 2. The van der Waals surface area contributed by atoms with Crippen molar-refractivity contribution in [2.75, 3.05) is 45.8 Å². The molecule has 1 aromatic rings. The van der Waals surface area contributed by atoms with Crippen LogP contribution in [0.4, 0.5) is 13.2 Å². The van der Waals surface area contributed by atoms with E-state index in [0.29, 0.717) is 26.2 Å². The molecular weight excluding hydrogens is 399 g/mol. The number of rotatable bonds is 5. The van der Waals surface area contributed by atoms with E-state index >= 15 is 0 Å². The van der Waals surface area contributed by atoms with Gasteiger partial charge in [0.15, 0.2) is 0 Å². The van der Waals surface area contributed by atoms with Crippen LogP contribution >= 0.6 is 12.4 Å². The molecule has 2 saturated heterocycles. The fourth-order valence-electron chi connectivity index (χ4n) is 3.48. The van der Waals surface area contributed by atoms with Crippen molar-refractivity contribution in [2.24, 2.45) is 0 Å². The molecule has 0 radical (unpaired) electrons. The van der Waals surface area contributed by atoms with Crippen molar-refractivity contribution in [1.82, 2.24) is 25.4 Å². The molecule has 2 aliphatic heterocycles. The minimum absolute atomic E-state index is 0. The van der Waals surface area contributed by atoms with E-state index in [1.807, 2.05) is 0 Å². The molecule has 1 atom stereocenters. The summed E-state index contributed by atoms with van der Waals surface area (Å²) in [6, 6.07) is -0.336. The maximum absolute atomic E-state index is 13.4. The highest BCUT2D eigenvalue weighted by molar-refractivity contribution is 5.99. The van der Waals surface area contributed by atoms with E-state index in [-0.39, 0.29) is 42.7 Å². The quantitative estimate of drug-likeness (QED) is 0.665. The molecule has 7 nitrogen and oxygen atoms in total. The topological polar surface area (TPSA) is 80.5 Å². The van der Waals surface area contributed by atoms with Gasteiger partial charge in [0.05, 0.1) is 5.56 Å². The number of carbonyl (C=O) groups excluding carboxylic acids is 2. The lowest BCUT2D eigenvalue weighted by atomic mass is 10.2. The average Bonchev–Trinajstić information content (AvgIpc) is 3.33. The van der Waals surface area contributed by atoms with Crippen molar-refractivity contribution in [3.05, 3.63) is 23.5 Å². The number of aromatic nitrogens is 1. The van der Waals surface area contributed by atoms with Gasteiger partial charge in [-0.3, -0.25) is 14.5 Å². The SMILES string of the molecule is Cl.O=C(NCC(N1CCNCC1)C(F)(F)F)c1c[nH]c(C(=O)N2CCCC2)c1. The van der Waals surface area contributed by atoms with Crippen molar-refractivity contribution in [1.29, 1.82) is 0 Å². The Kier molecular flexibility index (Phi) is 7.73. The molecule has 3 N–H and O–H groups in total. The Morgan fingerprint density at radius 3 is 2.39 bits per heavy atom. The molecule has 0 aromatic carbocycles. The third kappa shape index (κ3) is 5.39. The number of halogens is 4. The summed E-state index contributed by atoms with van der Waals surface area (Å²) >= 11 is 0. The molecule has 3 heterocycles. The Balaban J connectivity index is 0.00000280. The van der Waals surface area contributed by atoms with Gasteiger partial charge in [0, 0.05) is 52.0 Å². The zero-order chi connectivity index (χ0) is 19.4. The lowest BCUT2D eigenvalue weighted by Gasteiger charge is -2.35. The van der Waals surface area contributed by atoms with Crippen molar-refractivity contribution in [3.63, 3.8) is 0 Å². The number of H-pyrrole nitrogens is 1. The first-order valence-electron chi connectivity index (χ1n) is 9.13. The van der Waals surface area contributed by atoms with E-state index in [1.54, 1.807) is 4.90 Å². The summed E-state index contributed by atoms with van der Waals surface area (Å²) in [7, 11) is 0.